The third kappa shape index (κ3) is 4.08. The molecule has 0 aliphatic heterocycles. The van der Waals surface area contributed by atoms with Crippen molar-refractivity contribution in [1.29, 1.82) is 5.26 Å². The molecule has 8 heteroatoms. The maximum atomic E-state index is 12.6. The van der Waals surface area contributed by atoms with Crippen molar-refractivity contribution in [3.8, 4) is 11.8 Å². The van der Waals surface area contributed by atoms with Gasteiger partial charge in [-0.2, -0.15) is 5.26 Å². The van der Waals surface area contributed by atoms with Crippen molar-refractivity contribution in [2.24, 2.45) is 5.18 Å². The number of nitrogens with one attached hydrogen (secondary N) is 2. The molecule has 128 valence electrons. The lowest BCUT2D eigenvalue weighted by Crippen LogP contribution is -1.91. The van der Waals surface area contributed by atoms with Gasteiger partial charge >= 0.3 is 0 Å². The smallest absolute Gasteiger partial charge is 0.197 e. The number of fused-ring (bicyclic) bond motifs is 1. The van der Waals surface area contributed by atoms with Crippen molar-refractivity contribution in [2.45, 2.75) is 18.7 Å². The van der Waals surface area contributed by atoms with Crippen LogP contribution >= 0.6 is 11.9 Å². The van der Waals surface area contributed by atoms with Gasteiger partial charge in [-0.1, -0.05) is 13.8 Å². The van der Waals surface area contributed by atoms with Gasteiger partial charge in [-0.3, -0.25) is 4.94 Å². The van der Waals surface area contributed by atoms with Gasteiger partial charge in [-0.25, -0.2) is 0 Å². The maximum Gasteiger partial charge on any atom is 0.197 e. The van der Waals surface area contributed by atoms with Gasteiger partial charge in [-0.15, -0.1) is 4.91 Å². The summed E-state index contributed by atoms with van der Waals surface area (Å²) in [6.07, 6.45) is 1.76. The fourth-order valence-electron chi connectivity index (χ4n) is 2.08. The van der Waals surface area contributed by atoms with Crippen molar-refractivity contribution in [3.63, 3.8) is 0 Å². The summed E-state index contributed by atoms with van der Waals surface area (Å²) in [6.45, 7) is 4.00. The molecule has 3 aromatic rings. The van der Waals surface area contributed by atoms with Crippen molar-refractivity contribution < 1.29 is 9.47 Å². The van der Waals surface area contributed by atoms with Crippen molar-refractivity contribution in [2.75, 3.05) is 4.72 Å². The van der Waals surface area contributed by atoms with Gasteiger partial charge in [0, 0.05) is 27.7 Å². The lowest BCUT2D eigenvalue weighted by Gasteiger charge is -2.07. The van der Waals surface area contributed by atoms with Gasteiger partial charge in [-0.05, 0) is 47.5 Å². The van der Waals surface area contributed by atoms with E-state index in [2.05, 4.69) is 19.8 Å². The Morgan fingerprint density at radius 3 is 2.76 bits per heavy atom. The zero-order chi connectivity index (χ0) is 18.2. The number of nitroso groups, excluding NO2 is 1. The number of benzene rings is 2. The number of hydrogen-bond acceptors (Lipinski definition) is 6. The molecule has 1 aromatic heterocycles. The molecule has 0 atom stereocenters. The number of aromatic nitrogens is 1. The highest BCUT2D eigenvalue weighted by Crippen LogP contribution is 2.34. The Morgan fingerprint density at radius 2 is 2.08 bits per heavy atom. The molecule has 2 N–H and O–H groups in total. The van der Waals surface area contributed by atoms with E-state index in [1.807, 2.05) is 19.9 Å². The number of nitriles is 1. The normalized spacial score (nSPS) is 9.68. The molecule has 0 fully saturated rings. The minimum absolute atomic E-state index is 0.0659. The maximum absolute atomic E-state index is 12.6. The van der Waals surface area contributed by atoms with Crippen LogP contribution in [-0.2, 0) is 0 Å². The first-order chi connectivity index (χ1) is 12.2. The predicted octanol–water partition coefficient (Wildman–Crippen LogP) is 5.85. The predicted molar refractivity (Wildman–Crippen MR) is 97.5 cm³/mol. The van der Waals surface area contributed by atoms with E-state index in [-0.39, 0.29) is 5.75 Å². The Kier molecular flexibility index (Phi) is 6.37. The van der Waals surface area contributed by atoms with Crippen molar-refractivity contribution >= 4 is 34.2 Å². The van der Waals surface area contributed by atoms with E-state index in [9.17, 15) is 9.43 Å². The number of H-pyrrole nitrogens is 1. The second-order valence-electron chi connectivity index (χ2n) is 4.58. The second-order valence-corrected chi connectivity index (χ2v) is 5.43. The fraction of sp³-hybridized carbons (Fsp3) is 0.118. The van der Waals surface area contributed by atoms with E-state index < -0.39 is 0 Å². The molecule has 0 spiro atoms. The molecule has 0 aliphatic rings. The van der Waals surface area contributed by atoms with Crippen LogP contribution < -0.4 is 9.66 Å². The Hall–Kier alpha value is -3.05. The molecular formula is C17H15FN4O2S. The fourth-order valence-corrected chi connectivity index (χ4v) is 2.87. The van der Waals surface area contributed by atoms with Crippen LogP contribution in [0.25, 0.3) is 10.9 Å². The first-order valence-corrected chi connectivity index (χ1v) is 8.27. The lowest BCUT2D eigenvalue weighted by atomic mass is 10.2. The Labute approximate surface area is 148 Å². The largest absolute Gasteiger partial charge is 0.360 e. The number of aromatic amines is 1. The van der Waals surface area contributed by atoms with Gasteiger partial charge < -0.3 is 9.71 Å². The minimum Gasteiger partial charge on any atom is -0.360 e. The summed E-state index contributed by atoms with van der Waals surface area (Å²) in [5.41, 5.74) is 1.81. The SMILES string of the molecule is CC.N#Cc1ccc(NSc2c[nH]c3cc(N=O)ccc23)c(OF)c1. The van der Waals surface area contributed by atoms with Crippen LogP contribution in [-0.4, -0.2) is 4.98 Å². The van der Waals surface area contributed by atoms with Gasteiger partial charge in [0.05, 0.1) is 22.2 Å². The van der Waals surface area contributed by atoms with E-state index in [4.69, 9.17) is 5.26 Å². The second kappa shape index (κ2) is 8.70. The van der Waals surface area contributed by atoms with E-state index in [0.29, 0.717) is 16.9 Å². The van der Waals surface area contributed by atoms with Gasteiger partial charge in [0.25, 0.3) is 0 Å². The number of hydrogen-bond donors (Lipinski definition) is 2. The summed E-state index contributed by atoms with van der Waals surface area (Å²) in [4.78, 5) is 18.2. The summed E-state index contributed by atoms with van der Waals surface area (Å²) < 4.78 is 15.6. The Bertz CT molecular complexity index is 921. The van der Waals surface area contributed by atoms with Crippen molar-refractivity contribution in [3.05, 3.63) is 53.1 Å². The molecule has 6 nitrogen and oxygen atoms in total. The van der Waals surface area contributed by atoms with Crippen molar-refractivity contribution in [1.82, 2.24) is 4.98 Å². The molecule has 0 aliphatic carbocycles. The molecule has 0 saturated carbocycles. The van der Waals surface area contributed by atoms with Gasteiger partial charge in [0.2, 0.25) is 0 Å². The summed E-state index contributed by atoms with van der Waals surface area (Å²) in [7, 11) is 0. The standard InChI is InChI=1S/C15H9FN4O2S.C2H6/c16-22-14-5-9(7-17)1-4-12(14)20-23-15-8-18-13-6-10(19-21)2-3-11(13)15;1-2/h1-6,8,18,20H;1-2H3. The molecule has 2 aromatic carbocycles. The van der Waals surface area contributed by atoms with E-state index >= 15 is 0 Å². The molecule has 0 bridgehead atoms. The highest BCUT2D eigenvalue weighted by Gasteiger charge is 2.10. The van der Waals surface area contributed by atoms with Gasteiger partial charge in [0.1, 0.15) is 5.69 Å². The van der Waals surface area contributed by atoms with Gasteiger partial charge in [0.15, 0.2) is 5.75 Å². The van der Waals surface area contributed by atoms with Crippen LogP contribution in [0, 0.1) is 16.2 Å². The highest BCUT2D eigenvalue weighted by molar-refractivity contribution is 8.00. The quantitative estimate of drug-likeness (QED) is 0.441. The first-order valence-electron chi connectivity index (χ1n) is 7.45. The summed E-state index contributed by atoms with van der Waals surface area (Å²) in [6, 6.07) is 11.4. The van der Waals surface area contributed by atoms with Crippen LogP contribution in [0.15, 0.2) is 52.7 Å². The van der Waals surface area contributed by atoms with E-state index in [1.54, 1.807) is 36.5 Å². The molecule has 0 radical (unpaired) electrons. The number of rotatable bonds is 5. The molecule has 25 heavy (non-hydrogen) atoms. The average Bonchev–Trinajstić information content (AvgIpc) is 3.09. The summed E-state index contributed by atoms with van der Waals surface area (Å²) >= 11 is 1.25. The summed E-state index contributed by atoms with van der Waals surface area (Å²) in [5.74, 6) is -0.0659. The Morgan fingerprint density at radius 1 is 1.28 bits per heavy atom. The van der Waals surface area contributed by atoms with Crippen LogP contribution in [0.5, 0.6) is 5.75 Å². The Balaban J connectivity index is 0.00000109. The number of halogens is 1. The monoisotopic (exact) mass is 358 g/mol. The molecule has 0 amide bonds. The minimum atomic E-state index is -0.0659. The average molecular weight is 358 g/mol. The zero-order valence-corrected chi connectivity index (χ0v) is 14.4. The molecule has 0 unspecified atom stereocenters. The van der Waals surface area contributed by atoms with Crippen LogP contribution in [0.2, 0.25) is 0 Å². The number of nitrogens with zero attached hydrogens (tertiary/aromatic N) is 2. The summed E-state index contributed by atoms with van der Waals surface area (Å²) in [5, 5.41) is 12.6. The van der Waals surface area contributed by atoms with E-state index in [0.717, 1.165) is 15.8 Å². The third-order valence-electron chi connectivity index (χ3n) is 3.20. The molecule has 3 rings (SSSR count). The molecule has 1 heterocycles. The number of anilines is 1. The topological polar surface area (TPSA) is 90.3 Å². The highest BCUT2D eigenvalue weighted by atomic mass is 32.2. The lowest BCUT2D eigenvalue weighted by molar-refractivity contribution is -0.00523. The molecule has 0 saturated heterocycles. The van der Waals surface area contributed by atoms with Crippen LogP contribution in [0.4, 0.5) is 15.9 Å². The molecular weight excluding hydrogens is 343 g/mol. The zero-order valence-electron chi connectivity index (χ0n) is 13.5. The first kappa shape index (κ1) is 18.3. The van der Waals surface area contributed by atoms with Crippen LogP contribution in [0.3, 0.4) is 0 Å². The van der Waals surface area contributed by atoms with Crippen LogP contribution in [0.1, 0.15) is 19.4 Å². The van der Waals surface area contributed by atoms with E-state index in [1.165, 1.54) is 18.0 Å². The third-order valence-corrected chi connectivity index (χ3v) is 4.08.